The van der Waals surface area contributed by atoms with E-state index in [1.165, 1.54) is 5.69 Å². The zero-order valence-electron chi connectivity index (χ0n) is 9.63. The van der Waals surface area contributed by atoms with Crippen molar-refractivity contribution in [2.45, 2.75) is 32.7 Å². The summed E-state index contributed by atoms with van der Waals surface area (Å²) in [7, 11) is 0. The van der Waals surface area contributed by atoms with E-state index in [0.717, 1.165) is 24.7 Å². The van der Waals surface area contributed by atoms with Crippen LogP contribution in [0.4, 0.5) is 0 Å². The van der Waals surface area contributed by atoms with Gasteiger partial charge in [-0.25, -0.2) is 4.98 Å². The normalized spacial score (nSPS) is 22.3. The van der Waals surface area contributed by atoms with Gasteiger partial charge >= 0.3 is 0 Å². The standard InChI is InChI=1S/C11H19N3O/c1-7(2)10-8(3)13-11(14-10)9-6-15-5-4-12-9/h7,9,12H,4-6H2,1-3H3,(H,13,14). The third-order valence-corrected chi connectivity index (χ3v) is 2.74. The molecule has 1 unspecified atom stereocenters. The average molecular weight is 209 g/mol. The highest BCUT2D eigenvalue weighted by Crippen LogP contribution is 2.20. The van der Waals surface area contributed by atoms with Crippen LogP contribution in [0, 0.1) is 6.92 Å². The molecule has 4 heteroatoms. The Hall–Kier alpha value is -0.870. The van der Waals surface area contributed by atoms with E-state index < -0.39 is 0 Å². The molecule has 0 radical (unpaired) electrons. The van der Waals surface area contributed by atoms with Crippen molar-refractivity contribution in [2.75, 3.05) is 19.8 Å². The molecule has 1 aliphatic rings. The third kappa shape index (κ3) is 2.21. The summed E-state index contributed by atoms with van der Waals surface area (Å²) in [5.74, 6) is 1.48. The van der Waals surface area contributed by atoms with Crippen LogP contribution in [-0.2, 0) is 4.74 Å². The summed E-state index contributed by atoms with van der Waals surface area (Å²) >= 11 is 0. The molecule has 0 amide bonds. The molecule has 2 heterocycles. The van der Waals surface area contributed by atoms with Gasteiger partial charge < -0.3 is 15.0 Å². The van der Waals surface area contributed by atoms with Gasteiger partial charge in [-0.3, -0.25) is 0 Å². The van der Waals surface area contributed by atoms with Gasteiger partial charge in [0.2, 0.25) is 0 Å². The predicted molar refractivity (Wildman–Crippen MR) is 59.0 cm³/mol. The molecule has 1 aliphatic heterocycles. The summed E-state index contributed by atoms with van der Waals surface area (Å²) in [5.41, 5.74) is 2.34. The van der Waals surface area contributed by atoms with Gasteiger partial charge in [0.05, 0.1) is 24.9 Å². The zero-order chi connectivity index (χ0) is 10.8. The summed E-state index contributed by atoms with van der Waals surface area (Å²) in [6.07, 6.45) is 0. The minimum atomic E-state index is 0.227. The fraction of sp³-hybridized carbons (Fsp3) is 0.727. The summed E-state index contributed by atoms with van der Waals surface area (Å²) in [4.78, 5) is 7.98. The predicted octanol–water partition coefficient (Wildman–Crippen LogP) is 1.50. The van der Waals surface area contributed by atoms with Crippen molar-refractivity contribution in [2.24, 2.45) is 0 Å². The lowest BCUT2D eigenvalue weighted by Crippen LogP contribution is -2.35. The molecule has 1 atom stereocenters. The van der Waals surface area contributed by atoms with Gasteiger partial charge in [0.25, 0.3) is 0 Å². The molecular formula is C11H19N3O. The summed E-state index contributed by atoms with van der Waals surface area (Å²) < 4.78 is 5.42. The molecule has 2 N–H and O–H groups in total. The van der Waals surface area contributed by atoms with Crippen LogP contribution in [0.3, 0.4) is 0 Å². The van der Waals surface area contributed by atoms with E-state index in [9.17, 15) is 0 Å². The van der Waals surface area contributed by atoms with Crippen molar-refractivity contribution in [3.8, 4) is 0 Å². The van der Waals surface area contributed by atoms with Gasteiger partial charge in [0.15, 0.2) is 0 Å². The van der Waals surface area contributed by atoms with Crippen molar-refractivity contribution < 1.29 is 4.74 Å². The molecule has 0 aromatic carbocycles. The van der Waals surface area contributed by atoms with E-state index in [2.05, 4.69) is 36.1 Å². The molecule has 15 heavy (non-hydrogen) atoms. The molecule has 1 aromatic rings. The smallest absolute Gasteiger partial charge is 0.126 e. The molecule has 0 bridgehead atoms. The number of nitrogens with one attached hydrogen (secondary N) is 2. The van der Waals surface area contributed by atoms with Crippen LogP contribution < -0.4 is 5.32 Å². The van der Waals surface area contributed by atoms with Gasteiger partial charge in [-0.05, 0) is 12.8 Å². The SMILES string of the molecule is Cc1[nH]c(C2COCCN2)nc1C(C)C. The number of morpholine rings is 1. The molecule has 0 saturated carbocycles. The molecule has 2 rings (SSSR count). The molecule has 4 nitrogen and oxygen atoms in total. The molecule has 1 fully saturated rings. The number of imidazole rings is 1. The monoisotopic (exact) mass is 209 g/mol. The topological polar surface area (TPSA) is 49.9 Å². The Morgan fingerprint density at radius 1 is 1.47 bits per heavy atom. The van der Waals surface area contributed by atoms with Gasteiger partial charge in [-0.1, -0.05) is 13.8 Å². The minimum absolute atomic E-state index is 0.227. The number of nitrogens with zero attached hydrogens (tertiary/aromatic N) is 1. The third-order valence-electron chi connectivity index (χ3n) is 2.74. The van der Waals surface area contributed by atoms with Crippen molar-refractivity contribution in [3.05, 3.63) is 17.2 Å². The highest BCUT2D eigenvalue weighted by atomic mass is 16.5. The largest absolute Gasteiger partial charge is 0.378 e. The van der Waals surface area contributed by atoms with Crippen molar-refractivity contribution in [3.63, 3.8) is 0 Å². The van der Waals surface area contributed by atoms with E-state index >= 15 is 0 Å². The van der Waals surface area contributed by atoms with Crippen LogP contribution in [0.15, 0.2) is 0 Å². The maximum atomic E-state index is 5.42. The first-order valence-electron chi connectivity index (χ1n) is 5.56. The average Bonchev–Trinajstić information content (AvgIpc) is 2.62. The summed E-state index contributed by atoms with van der Waals surface area (Å²) in [6.45, 7) is 8.82. The van der Waals surface area contributed by atoms with Gasteiger partial charge in [0.1, 0.15) is 5.82 Å². The van der Waals surface area contributed by atoms with Crippen molar-refractivity contribution in [1.29, 1.82) is 0 Å². The van der Waals surface area contributed by atoms with Crippen LogP contribution in [0.2, 0.25) is 0 Å². The highest BCUT2D eigenvalue weighted by molar-refractivity contribution is 5.18. The molecule has 0 spiro atoms. The second-order valence-electron chi connectivity index (χ2n) is 4.37. The number of hydrogen-bond donors (Lipinski definition) is 2. The number of aromatic nitrogens is 2. The van der Waals surface area contributed by atoms with Crippen LogP contribution in [0.5, 0.6) is 0 Å². The van der Waals surface area contributed by atoms with Crippen LogP contribution in [0.25, 0.3) is 0 Å². The first-order valence-corrected chi connectivity index (χ1v) is 5.56. The lowest BCUT2D eigenvalue weighted by atomic mass is 10.1. The Balaban J connectivity index is 2.17. The van der Waals surface area contributed by atoms with Crippen molar-refractivity contribution >= 4 is 0 Å². The summed E-state index contributed by atoms with van der Waals surface area (Å²) in [6, 6.07) is 0.227. The second kappa shape index (κ2) is 4.33. The molecule has 0 aliphatic carbocycles. The number of hydrogen-bond acceptors (Lipinski definition) is 3. The minimum Gasteiger partial charge on any atom is -0.378 e. The highest BCUT2D eigenvalue weighted by Gasteiger charge is 2.20. The Bertz CT molecular complexity index is 327. The summed E-state index contributed by atoms with van der Waals surface area (Å²) in [5, 5.41) is 3.40. The quantitative estimate of drug-likeness (QED) is 0.776. The van der Waals surface area contributed by atoms with E-state index in [0.29, 0.717) is 12.5 Å². The maximum Gasteiger partial charge on any atom is 0.126 e. The number of H-pyrrole nitrogens is 1. The maximum absolute atomic E-state index is 5.42. The molecule has 1 saturated heterocycles. The number of ether oxygens (including phenoxy) is 1. The molecule has 1 aromatic heterocycles. The first-order chi connectivity index (χ1) is 7.18. The fourth-order valence-corrected chi connectivity index (χ4v) is 1.97. The molecule has 84 valence electrons. The van der Waals surface area contributed by atoms with Gasteiger partial charge in [-0.2, -0.15) is 0 Å². The number of rotatable bonds is 2. The Labute approximate surface area is 90.4 Å². The van der Waals surface area contributed by atoms with E-state index in [1.54, 1.807) is 0 Å². The van der Waals surface area contributed by atoms with E-state index in [4.69, 9.17) is 4.74 Å². The van der Waals surface area contributed by atoms with Gasteiger partial charge in [0, 0.05) is 12.2 Å². The van der Waals surface area contributed by atoms with Gasteiger partial charge in [-0.15, -0.1) is 0 Å². The zero-order valence-corrected chi connectivity index (χ0v) is 9.63. The van der Waals surface area contributed by atoms with Crippen LogP contribution >= 0.6 is 0 Å². The molecular weight excluding hydrogens is 190 g/mol. The van der Waals surface area contributed by atoms with Crippen LogP contribution in [0.1, 0.15) is 43.0 Å². The van der Waals surface area contributed by atoms with E-state index in [-0.39, 0.29) is 6.04 Å². The Kier molecular flexibility index (Phi) is 3.07. The lowest BCUT2D eigenvalue weighted by Gasteiger charge is -2.21. The number of aryl methyl sites for hydroxylation is 1. The fourth-order valence-electron chi connectivity index (χ4n) is 1.97. The second-order valence-corrected chi connectivity index (χ2v) is 4.37. The van der Waals surface area contributed by atoms with E-state index in [1.807, 2.05) is 0 Å². The Morgan fingerprint density at radius 3 is 2.80 bits per heavy atom. The van der Waals surface area contributed by atoms with Crippen molar-refractivity contribution in [1.82, 2.24) is 15.3 Å². The Morgan fingerprint density at radius 2 is 2.27 bits per heavy atom. The lowest BCUT2D eigenvalue weighted by molar-refractivity contribution is 0.0744. The number of aromatic amines is 1. The van der Waals surface area contributed by atoms with Crippen LogP contribution in [-0.4, -0.2) is 29.7 Å². The first kappa shape index (κ1) is 10.6.